The fourth-order valence-corrected chi connectivity index (χ4v) is 9.75. The number of hydrogen-bond acceptors (Lipinski definition) is 0. The van der Waals surface area contributed by atoms with Gasteiger partial charge in [-0.25, -0.2) is 0 Å². The van der Waals surface area contributed by atoms with Crippen molar-refractivity contribution in [2.75, 3.05) is 0 Å². The zero-order valence-electron chi connectivity index (χ0n) is 25.7. The van der Waals surface area contributed by atoms with Crippen LogP contribution in [0.15, 0.2) is 97.1 Å². The van der Waals surface area contributed by atoms with Gasteiger partial charge < -0.3 is 0 Å². The van der Waals surface area contributed by atoms with Gasteiger partial charge in [0.05, 0.1) is 0 Å². The SMILES string of the molecule is CC1(C)c2ccccc2-c2c1cc1ccc3c4c(c5c6c(cc2c1c36)C(C)(C)c1ccccc1-5)C(C)(C)c1ccccc1-4. The third kappa shape index (κ3) is 2.51. The van der Waals surface area contributed by atoms with Gasteiger partial charge in [-0.2, -0.15) is 0 Å². The van der Waals surface area contributed by atoms with Gasteiger partial charge in [-0.3, -0.25) is 0 Å². The van der Waals surface area contributed by atoms with Gasteiger partial charge in [0.1, 0.15) is 0 Å². The molecule has 206 valence electrons. The molecule has 0 atom stereocenters. The van der Waals surface area contributed by atoms with Crippen molar-refractivity contribution in [2.24, 2.45) is 0 Å². The molecule has 0 spiro atoms. The molecule has 10 rings (SSSR count). The summed E-state index contributed by atoms with van der Waals surface area (Å²) in [5, 5.41) is 8.56. The summed E-state index contributed by atoms with van der Waals surface area (Å²) in [5.74, 6) is 0. The lowest BCUT2D eigenvalue weighted by Gasteiger charge is -2.39. The Bertz CT molecular complexity index is 2410. The minimum Gasteiger partial charge on any atom is -0.0619 e. The van der Waals surface area contributed by atoms with E-state index in [0.29, 0.717) is 0 Å². The second-order valence-electron chi connectivity index (χ2n) is 14.9. The minimum absolute atomic E-state index is 0.0366. The second-order valence-corrected chi connectivity index (χ2v) is 14.9. The van der Waals surface area contributed by atoms with Crippen molar-refractivity contribution < 1.29 is 0 Å². The summed E-state index contributed by atoms with van der Waals surface area (Å²) in [6.45, 7) is 14.6. The molecular formula is C43H34. The van der Waals surface area contributed by atoms with Crippen molar-refractivity contribution in [3.05, 3.63) is 130 Å². The first kappa shape index (κ1) is 24.1. The molecule has 0 nitrogen and oxygen atoms in total. The largest absolute Gasteiger partial charge is 0.0619 e. The van der Waals surface area contributed by atoms with E-state index in [2.05, 4.69) is 139 Å². The Morgan fingerprint density at radius 3 is 1.56 bits per heavy atom. The quantitative estimate of drug-likeness (QED) is 0.165. The van der Waals surface area contributed by atoms with Crippen LogP contribution in [0.4, 0.5) is 0 Å². The van der Waals surface area contributed by atoms with Gasteiger partial charge in [0, 0.05) is 16.2 Å². The maximum Gasteiger partial charge on any atom is 0.0165 e. The number of rotatable bonds is 0. The van der Waals surface area contributed by atoms with E-state index in [1.165, 1.54) is 99.1 Å². The van der Waals surface area contributed by atoms with Crippen LogP contribution in [0.25, 0.3) is 65.7 Å². The van der Waals surface area contributed by atoms with Crippen LogP contribution in [0, 0.1) is 0 Å². The van der Waals surface area contributed by atoms with E-state index in [9.17, 15) is 0 Å². The molecule has 0 saturated carbocycles. The molecule has 0 aliphatic heterocycles. The van der Waals surface area contributed by atoms with E-state index in [4.69, 9.17) is 0 Å². The van der Waals surface area contributed by atoms with Crippen LogP contribution in [0.2, 0.25) is 0 Å². The van der Waals surface area contributed by atoms with Crippen LogP contribution in [0.3, 0.4) is 0 Å². The summed E-state index contributed by atoms with van der Waals surface area (Å²) in [7, 11) is 0. The number of fused-ring (bicyclic) bond motifs is 11. The predicted octanol–water partition coefficient (Wildman–Crippen LogP) is 11.5. The van der Waals surface area contributed by atoms with E-state index in [0.717, 1.165) is 0 Å². The molecule has 0 amide bonds. The molecule has 7 aromatic rings. The molecule has 0 N–H and O–H groups in total. The van der Waals surface area contributed by atoms with Crippen LogP contribution in [-0.2, 0) is 16.2 Å². The number of hydrogen-bond donors (Lipinski definition) is 0. The average molecular weight is 551 g/mol. The Balaban J connectivity index is 1.53. The highest BCUT2D eigenvalue weighted by Crippen LogP contribution is 2.63. The number of benzene rings is 7. The summed E-state index contributed by atoms with van der Waals surface area (Å²) < 4.78 is 0. The van der Waals surface area contributed by atoms with Crippen LogP contribution in [-0.4, -0.2) is 0 Å². The molecule has 0 fully saturated rings. The maximum absolute atomic E-state index is 2.61. The minimum atomic E-state index is -0.128. The van der Waals surface area contributed by atoms with E-state index in [1.54, 1.807) is 0 Å². The monoisotopic (exact) mass is 550 g/mol. The smallest absolute Gasteiger partial charge is 0.0165 e. The zero-order chi connectivity index (χ0) is 29.2. The first-order valence-electron chi connectivity index (χ1n) is 15.8. The first-order chi connectivity index (χ1) is 20.6. The van der Waals surface area contributed by atoms with Crippen molar-refractivity contribution in [2.45, 2.75) is 57.8 Å². The summed E-state index contributed by atoms with van der Waals surface area (Å²) in [5.41, 5.74) is 17.0. The van der Waals surface area contributed by atoms with Crippen LogP contribution >= 0.6 is 0 Å². The zero-order valence-corrected chi connectivity index (χ0v) is 25.7. The molecule has 0 heteroatoms. The fraction of sp³-hybridized carbons (Fsp3) is 0.209. The van der Waals surface area contributed by atoms with E-state index >= 15 is 0 Å². The van der Waals surface area contributed by atoms with Crippen LogP contribution in [0.1, 0.15) is 74.9 Å². The molecule has 0 unspecified atom stereocenters. The Morgan fingerprint density at radius 2 is 0.907 bits per heavy atom. The van der Waals surface area contributed by atoms with E-state index in [1.807, 2.05) is 0 Å². The molecule has 0 radical (unpaired) electrons. The average Bonchev–Trinajstić information content (AvgIpc) is 3.39. The lowest BCUT2D eigenvalue weighted by Crippen LogP contribution is -2.26. The third-order valence-electron chi connectivity index (χ3n) is 11.8. The lowest BCUT2D eigenvalue weighted by molar-refractivity contribution is 0.639. The van der Waals surface area contributed by atoms with Gasteiger partial charge in [0.2, 0.25) is 0 Å². The van der Waals surface area contributed by atoms with E-state index in [-0.39, 0.29) is 16.2 Å². The van der Waals surface area contributed by atoms with Crippen molar-refractivity contribution in [3.63, 3.8) is 0 Å². The Morgan fingerprint density at radius 1 is 0.372 bits per heavy atom. The summed E-state index contributed by atoms with van der Waals surface area (Å²) >= 11 is 0. The molecule has 3 aliphatic rings. The highest BCUT2D eigenvalue weighted by Gasteiger charge is 2.45. The third-order valence-corrected chi connectivity index (χ3v) is 11.8. The molecule has 3 aliphatic carbocycles. The van der Waals surface area contributed by atoms with Crippen molar-refractivity contribution in [3.8, 4) is 33.4 Å². The van der Waals surface area contributed by atoms with Gasteiger partial charge in [0.25, 0.3) is 0 Å². The van der Waals surface area contributed by atoms with Gasteiger partial charge in [0.15, 0.2) is 0 Å². The van der Waals surface area contributed by atoms with Crippen molar-refractivity contribution in [1.82, 2.24) is 0 Å². The Hall–Kier alpha value is -4.42. The second kappa shape index (κ2) is 7.20. The molecule has 0 bridgehead atoms. The highest BCUT2D eigenvalue weighted by molar-refractivity contribution is 6.33. The van der Waals surface area contributed by atoms with Gasteiger partial charge in [-0.1, -0.05) is 126 Å². The molecule has 7 aromatic carbocycles. The standard InChI is InChI=1S/C43H34/c1-41(2)29-16-10-7-13-24(29)35-28-22-33-39-37-27(20-19-23(34(28)37)21-32(35)41)36-25-14-8-12-18-31(25)43(5,6)40(36)38(39)26-15-9-11-17-30(26)42(33,3)4/h7-22H,1-6H3. The topological polar surface area (TPSA) is 0 Å². The van der Waals surface area contributed by atoms with Crippen LogP contribution in [0.5, 0.6) is 0 Å². The van der Waals surface area contributed by atoms with Crippen molar-refractivity contribution in [1.29, 1.82) is 0 Å². The maximum atomic E-state index is 2.61. The summed E-state index contributed by atoms with van der Waals surface area (Å²) in [6.07, 6.45) is 0. The van der Waals surface area contributed by atoms with Crippen molar-refractivity contribution >= 4 is 32.3 Å². The summed E-state index contributed by atoms with van der Waals surface area (Å²) in [4.78, 5) is 0. The fourth-order valence-electron chi connectivity index (χ4n) is 9.75. The Labute approximate surface area is 253 Å². The molecule has 0 heterocycles. The normalized spacial score (nSPS) is 17.6. The van der Waals surface area contributed by atoms with Gasteiger partial charge in [-0.15, -0.1) is 0 Å². The Kier molecular flexibility index (Phi) is 4.03. The first-order valence-corrected chi connectivity index (χ1v) is 15.8. The molecule has 0 saturated heterocycles. The lowest BCUT2D eigenvalue weighted by atomic mass is 9.64. The van der Waals surface area contributed by atoms with Crippen LogP contribution < -0.4 is 0 Å². The summed E-state index contributed by atoms with van der Waals surface area (Å²) in [6, 6.07) is 37.6. The van der Waals surface area contributed by atoms with Gasteiger partial charge in [-0.05, 0) is 111 Å². The van der Waals surface area contributed by atoms with E-state index < -0.39 is 0 Å². The molecular weight excluding hydrogens is 516 g/mol. The molecule has 43 heavy (non-hydrogen) atoms. The predicted molar refractivity (Wildman–Crippen MR) is 183 cm³/mol. The van der Waals surface area contributed by atoms with Gasteiger partial charge >= 0.3 is 0 Å². The highest BCUT2D eigenvalue weighted by atomic mass is 14.5. The molecule has 0 aromatic heterocycles.